The Balaban J connectivity index is 2.12. The minimum Gasteiger partial charge on any atom is -0.326 e. The minimum atomic E-state index is 0.248. The van der Waals surface area contributed by atoms with Crippen LogP contribution in [0, 0.1) is 0 Å². The molecule has 0 spiro atoms. The molecule has 5 nitrogen and oxygen atoms in total. The van der Waals surface area contributed by atoms with Crippen molar-refractivity contribution in [3.05, 3.63) is 11.9 Å². The smallest absolute Gasteiger partial charge is 0.0962 e. The van der Waals surface area contributed by atoms with Crippen molar-refractivity contribution in [3.63, 3.8) is 0 Å². The highest BCUT2D eigenvalue weighted by molar-refractivity contribution is 4.96. The average molecular weight is 167 g/mol. The van der Waals surface area contributed by atoms with Crippen LogP contribution in [0.2, 0.25) is 0 Å². The maximum Gasteiger partial charge on any atom is 0.0962 e. The molecule has 0 aliphatic heterocycles. The van der Waals surface area contributed by atoms with Gasteiger partial charge in [-0.15, -0.1) is 5.10 Å². The molecule has 12 heavy (non-hydrogen) atoms. The molecule has 0 aromatic carbocycles. The van der Waals surface area contributed by atoms with Crippen molar-refractivity contribution in [1.29, 1.82) is 0 Å². The van der Waals surface area contributed by atoms with Gasteiger partial charge in [0.1, 0.15) is 0 Å². The predicted octanol–water partition coefficient (Wildman–Crippen LogP) is -0.601. The van der Waals surface area contributed by atoms with E-state index in [4.69, 9.17) is 11.5 Å². The van der Waals surface area contributed by atoms with E-state index in [9.17, 15) is 0 Å². The summed E-state index contributed by atoms with van der Waals surface area (Å²) < 4.78 is 1.83. The summed E-state index contributed by atoms with van der Waals surface area (Å²) in [5.74, 6) is 0. The molecule has 2 atom stereocenters. The van der Waals surface area contributed by atoms with Crippen LogP contribution in [-0.2, 0) is 6.54 Å². The van der Waals surface area contributed by atoms with Gasteiger partial charge in [0.05, 0.1) is 17.9 Å². The second kappa shape index (κ2) is 2.84. The van der Waals surface area contributed by atoms with E-state index >= 15 is 0 Å². The lowest BCUT2D eigenvalue weighted by Crippen LogP contribution is -2.41. The standard InChI is InChI=1S/C7H13N5/c8-3-5-4-12(11-10-5)7-2-1-6(7)9/h4,6-7H,1-3,8-9H2. The zero-order chi connectivity index (χ0) is 8.55. The van der Waals surface area contributed by atoms with E-state index in [1.165, 1.54) is 0 Å². The summed E-state index contributed by atoms with van der Waals surface area (Å²) in [6, 6.07) is 0.593. The fourth-order valence-corrected chi connectivity index (χ4v) is 1.41. The van der Waals surface area contributed by atoms with Crippen molar-refractivity contribution in [2.75, 3.05) is 0 Å². The molecule has 0 saturated heterocycles. The molecule has 0 bridgehead atoms. The summed E-state index contributed by atoms with van der Waals surface area (Å²) in [6.45, 7) is 0.446. The SMILES string of the molecule is NCc1cn(C2CCC2N)nn1. The predicted molar refractivity (Wildman–Crippen MR) is 44.2 cm³/mol. The molecule has 1 aliphatic carbocycles. The fourth-order valence-electron chi connectivity index (χ4n) is 1.41. The summed E-state index contributed by atoms with van der Waals surface area (Å²) in [7, 11) is 0. The Bertz CT molecular complexity index is 269. The summed E-state index contributed by atoms with van der Waals surface area (Å²) in [6.07, 6.45) is 4.07. The highest BCUT2D eigenvalue weighted by Gasteiger charge is 2.29. The van der Waals surface area contributed by atoms with Gasteiger partial charge in [-0.25, -0.2) is 4.68 Å². The van der Waals surface area contributed by atoms with E-state index in [1.54, 1.807) is 0 Å². The molecule has 1 aliphatic rings. The highest BCUT2D eigenvalue weighted by atomic mass is 15.4. The highest BCUT2D eigenvalue weighted by Crippen LogP contribution is 2.29. The van der Waals surface area contributed by atoms with Crippen molar-refractivity contribution < 1.29 is 0 Å². The lowest BCUT2D eigenvalue weighted by molar-refractivity contribution is 0.235. The molecule has 1 fully saturated rings. The first-order valence-corrected chi connectivity index (χ1v) is 4.17. The fraction of sp³-hybridized carbons (Fsp3) is 0.714. The Kier molecular flexibility index (Phi) is 1.82. The first kappa shape index (κ1) is 7.70. The molecule has 1 saturated carbocycles. The zero-order valence-corrected chi connectivity index (χ0v) is 6.85. The van der Waals surface area contributed by atoms with E-state index in [-0.39, 0.29) is 6.04 Å². The van der Waals surface area contributed by atoms with Crippen molar-refractivity contribution in [3.8, 4) is 0 Å². The molecular formula is C7H13N5. The van der Waals surface area contributed by atoms with Gasteiger partial charge in [0.25, 0.3) is 0 Å². The number of rotatable bonds is 2. The number of hydrogen-bond acceptors (Lipinski definition) is 4. The maximum atomic E-state index is 5.79. The largest absolute Gasteiger partial charge is 0.326 e. The van der Waals surface area contributed by atoms with E-state index in [1.807, 2.05) is 10.9 Å². The average Bonchev–Trinajstić information content (AvgIpc) is 2.50. The third-order valence-electron chi connectivity index (χ3n) is 2.40. The molecule has 66 valence electrons. The Morgan fingerprint density at radius 1 is 1.58 bits per heavy atom. The third-order valence-corrected chi connectivity index (χ3v) is 2.40. The number of nitrogens with zero attached hydrogens (tertiary/aromatic N) is 3. The van der Waals surface area contributed by atoms with Gasteiger partial charge in [-0.2, -0.15) is 0 Å². The molecule has 1 heterocycles. The third kappa shape index (κ3) is 1.11. The zero-order valence-electron chi connectivity index (χ0n) is 6.85. The monoisotopic (exact) mass is 167 g/mol. The molecule has 5 heteroatoms. The van der Waals surface area contributed by atoms with Gasteiger partial charge in [0.15, 0.2) is 0 Å². The second-order valence-corrected chi connectivity index (χ2v) is 3.20. The van der Waals surface area contributed by atoms with Crippen LogP contribution in [0.5, 0.6) is 0 Å². The van der Waals surface area contributed by atoms with Gasteiger partial charge in [-0.05, 0) is 12.8 Å². The summed E-state index contributed by atoms with van der Waals surface area (Å²) in [4.78, 5) is 0. The first-order valence-electron chi connectivity index (χ1n) is 4.17. The molecule has 1 aromatic heterocycles. The Labute approximate surface area is 70.7 Å². The second-order valence-electron chi connectivity index (χ2n) is 3.20. The number of aromatic nitrogens is 3. The molecule has 0 radical (unpaired) electrons. The van der Waals surface area contributed by atoms with Crippen LogP contribution >= 0.6 is 0 Å². The lowest BCUT2D eigenvalue weighted by Gasteiger charge is -2.32. The Hall–Kier alpha value is -0.940. The Morgan fingerprint density at radius 3 is 2.83 bits per heavy atom. The van der Waals surface area contributed by atoms with Crippen LogP contribution < -0.4 is 11.5 Å². The van der Waals surface area contributed by atoms with Gasteiger partial charge in [0, 0.05) is 12.6 Å². The van der Waals surface area contributed by atoms with E-state index in [2.05, 4.69) is 10.3 Å². The molecule has 2 unspecified atom stereocenters. The summed E-state index contributed by atoms with van der Waals surface area (Å²) in [5.41, 5.74) is 12.0. The minimum absolute atomic E-state index is 0.248. The van der Waals surface area contributed by atoms with Crippen molar-refractivity contribution in [2.45, 2.75) is 31.5 Å². The molecule has 0 amide bonds. The van der Waals surface area contributed by atoms with Crippen LogP contribution in [0.4, 0.5) is 0 Å². The van der Waals surface area contributed by atoms with Crippen molar-refractivity contribution in [1.82, 2.24) is 15.0 Å². The van der Waals surface area contributed by atoms with Crippen molar-refractivity contribution >= 4 is 0 Å². The quantitative estimate of drug-likeness (QED) is 0.616. The van der Waals surface area contributed by atoms with Crippen LogP contribution in [0.25, 0.3) is 0 Å². The molecule has 1 aromatic rings. The van der Waals surface area contributed by atoms with E-state index in [0.29, 0.717) is 12.6 Å². The van der Waals surface area contributed by atoms with E-state index in [0.717, 1.165) is 18.5 Å². The van der Waals surface area contributed by atoms with Crippen molar-refractivity contribution in [2.24, 2.45) is 11.5 Å². The lowest BCUT2D eigenvalue weighted by atomic mass is 9.87. The first-order chi connectivity index (χ1) is 5.81. The molecular weight excluding hydrogens is 154 g/mol. The van der Waals surface area contributed by atoms with Gasteiger partial charge < -0.3 is 11.5 Å². The number of nitrogens with two attached hydrogens (primary N) is 2. The van der Waals surface area contributed by atoms with Crippen LogP contribution in [0.15, 0.2) is 6.20 Å². The van der Waals surface area contributed by atoms with Crippen LogP contribution in [0.1, 0.15) is 24.6 Å². The Morgan fingerprint density at radius 2 is 2.42 bits per heavy atom. The van der Waals surface area contributed by atoms with Gasteiger partial charge in [-0.3, -0.25) is 0 Å². The normalized spacial score (nSPS) is 28.5. The van der Waals surface area contributed by atoms with E-state index < -0.39 is 0 Å². The van der Waals surface area contributed by atoms with Gasteiger partial charge in [0.2, 0.25) is 0 Å². The van der Waals surface area contributed by atoms with Gasteiger partial charge in [-0.1, -0.05) is 5.21 Å². The topological polar surface area (TPSA) is 82.8 Å². The van der Waals surface area contributed by atoms with Gasteiger partial charge >= 0.3 is 0 Å². The number of hydrogen-bond donors (Lipinski definition) is 2. The molecule has 4 N–H and O–H groups in total. The maximum absolute atomic E-state index is 5.79. The molecule has 2 rings (SSSR count). The summed E-state index contributed by atoms with van der Waals surface area (Å²) >= 11 is 0. The van der Waals surface area contributed by atoms with Crippen LogP contribution in [-0.4, -0.2) is 21.0 Å². The summed E-state index contributed by atoms with van der Waals surface area (Å²) in [5, 5.41) is 7.87. The van der Waals surface area contributed by atoms with Crippen LogP contribution in [0.3, 0.4) is 0 Å².